The molecule has 1 aliphatic rings. The topological polar surface area (TPSA) is 178 Å². The predicted molar refractivity (Wildman–Crippen MR) is 239 cm³/mol. The average molecular weight is 873 g/mol. The molecule has 1 rings (SSSR count). The van der Waals surface area contributed by atoms with E-state index in [1.807, 2.05) is 0 Å². The standard InChI is InChI=1S/C47H84O12S/c1-3-5-7-9-11-13-15-17-19-20-21-22-23-24-26-28-30-32-34-36-43(49)57-41(39-55-37-35-33-31-29-27-25-18-16-14-12-10-8-6-4-2)40-56-47-45(51)46(59-60(52,53)54)44(50)42(38-48)58-47/h5,7,11,13,17,19,21-22,41-42,44-48,50-51H,3-4,6,8-10,12,14-16,18,20,23-40H2,1-2H3,(H,52,53,54)/b7-5-,13-11-,19-17-,22-21-. The number of allylic oxidation sites excluding steroid dienone is 8. The van der Waals surface area contributed by atoms with Crippen LogP contribution in [0.2, 0.25) is 0 Å². The Balaban J connectivity index is 2.42. The normalized spacial score (nSPS) is 20.7. The third-order valence-electron chi connectivity index (χ3n) is 10.5. The van der Waals surface area contributed by atoms with Gasteiger partial charge in [-0.15, -0.1) is 0 Å². The first-order valence-corrected chi connectivity index (χ1v) is 24.8. The van der Waals surface area contributed by atoms with Crippen molar-refractivity contribution < 1.29 is 56.2 Å². The van der Waals surface area contributed by atoms with Crippen molar-refractivity contribution in [1.82, 2.24) is 0 Å². The Labute approximate surface area is 364 Å². The van der Waals surface area contributed by atoms with E-state index in [9.17, 15) is 28.5 Å². The van der Waals surface area contributed by atoms with Crippen LogP contribution in [0.15, 0.2) is 48.6 Å². The molecule has 6 unspecified atom stereocenters. The first-order valence-electron chi connectivity index (χ1n) is 23.4. The minimum atomic E-state index is -5.06. The van der Waals surface area contributed by atoms with Crippen LogP contribution in [0.4, 0.5) is 0 Å². The Morgan fingerprint density at radius 2 is 1.15 bits per heavy atom. The van der Waals surface area contributed by atoms with Gasteiger partial charge in [0, 0.05) is 13.0 Å². The van der Waals surface area contributed by atoms with Crippen molar-refractivity contribution in [2.24, 2.45) is 0 Å². The zero-order valence-electron chi connectivity index (χ0n) is 37.3. The van der Waals surface area contributed by atoms with Crippen LogP contribution in [-0.2, 0) is 38.3 Å². The van der Waals surface area contributed by atoms with E-state index in [1.165, 1.54) is 70.6 Å². The summed E-state index contributed by atoms with van der Waals surface area (Å²) in [5.41, 5.74) is 0. The summed E-state index contributed by atoms with van der Waals surface area (Å²) < 4.78 is 59.1. The first kappa shape index (κ1) is 56.1. The zero-order chi connectivity index (χ0) is 43.9. The molecule has 0 aliphatic carbocycles. The fourth-order valence-corrected chi connectivity index (χ4v) is 7.47. The van der Waals surface area contributed by atoms with Crippen molar-refractivity contribution in [3.8, 4) is 0 Å². The van der Waals surface area contributed by atoms with Crippen LogP contribution in [0.5, 0.6) is 0 Å². The van der Waals surface area contributed by atoms with E-state index in [4.69, 9.17) is 23.5 Å². The van der Waals surface area contributed by atoms with Crippen molar-refractivity contribution in [3.05, 3.63) is 48.6 Å². The molecule has 0 aromatic rings. The van der Waals surface area contributed by atoms with E-state index in [0.717, 1.165) is 83.5 Å². The van der Waals surface area contributed by atoms with Crippen LogP contribution < -0.4 is 0 Å². The Morgan fingerprint density at radius 1 is 0.650 bits per heavy atom. The van der Waals surface area contributed by atoms with Gasteiger partial charge in [0.2, 0.25) is 0 Å². The van der Waals surface area contributed by atoms with E-state index in [1.54, 1.807) is 0 Å². The summed E-state index contributed by atoms with van der Waals surface area (Å²) in [6.07, 6.45) is 37.1. The quantitative estimate of drug-likeness (QED) is 0.0199. The molecular formula is C47H84O12S. The molecule has 6 atom stereocenters. The number of hydrogen-bond donors (Lipinski definition) is 4. The number of carbonyl (C=O) groups is 1. The third kappa shape index (κ3) is 31.8. The van der Waals surface area contributed by atoms with Gasteiger partial charge >= 0.3 is 16.4 Å². The van der Waals surface area contributed by atoms with Gasteiger partial charge in [-0.05, 0) is 51.4 Å². The zero-order valence-corrected chi connectivity index (χ0v) is 38.1. The summed E-state index contributed by atoms with van der Waals surface area (Å²) in [5, 5.41) is 30.7. The molecule has 350 valence electrons. The predicted octanol–water partition coefficient (Wildman–Crippen LogP) is 9.97. The summed E-state index contributed by atoms with van der Waals surface area (Å²) in [6.45, 7) is 3.87. The van der Waals surface area contributed by atoms with Crippen molar-refractivity contribution in [2.75, 3.05) is 26.4 Å². The maximum Gasteiger partial charge on any atom is 0.397 e. The van der Waals surface area contributed by atoms with E-state index in [-0.39, 0.29) is 19.6 Å². The van der Waals surface area contributed by atoms with Gasteiger partial charge in [-0.3, -0.25) is 9.35 Å². The summed E-state index contributed by atoms with van der Waals surface area (Å²) in [5.74, 6) is -0.413. The van der Waals surface area contributed by atoms with Crippen molar-refractivity contribution >= 4 is 16.4 Å². The maximum absolute atomic E-state index is 12.9. The second-order valence-electron chi connectivity index (χ2n) is 16.0. The molecule has 12 nitrogen and oxygen atoms in total. The van der Waals surface area contributed by atoms with Crippen LogP contribution in [0.25, 0.3) is 0 Å². The molecule has 0 aromatic heterocycles. The number of hydrogen-bond acceptors (Lipinski definition) is 11. The highest BCUT2D eigenvalue weighted by Gasteiger charge is 2.48. The fraction of sp³-hybridized carbons (Fsp3) is 0.809. The summed E-state index contributed by atoms with van der Waals surface area (Å²) in [6, 6.07) is 0. The molecule has 0 amide bonds. The van der Waals surface area contributed by atoms with E-state index < -0.39 is 59.8 Å². The molecule has 0 radical (unpaired) electrons. The SMILES string of the molecule is CC/C=C\C/C=C\C/C=C\C/C=C\CCCCCCCCC(=O)OC(COCCCCCCCCCCCCCCCC)COC1OC(CO)C(O)C(OS(=O)(=O)O)C1O. The van der Waals surface area contributed by atoms with Gasteiger partial charge in [-0.25, -0.2) is 4.18 Å². The molecule has 4 N–H and O–H groups in total. The van der Waals surface area contributed by atoms with Crippen LogP contribution in [0, 0.1) is 0 Å². The molecule has 0 aromatic carbocycles. The molecule has 0 bridgehead atoms. The lowest BCUT2D eigenvalue weighted by atomic mass is 9.99. The largest absolute Gasteiger partial charge is 0.457 e. The number of rotatable bonds is 40. The highest BCUT2D eigenvalue weighted by atomic mass is 32.3. The Morgan fingerprint density at radius 3 is 1.68 bits per heavy atom. The van der Waals surface area contributed by atoms with Gasteiger partial charge in [0.05, 0.1) is 19.8 Å². The highest BCUT2D eigenvalue weighted by Crippen LogP contribution is 2.26. The number of esters is 1. The monoisotopic (exact) mass is 873 g/mol. The van der Waals surface area contributed by atoms with Crippen LogP contribution in [0.1, 0.15) is 181 Å². The van der Waals surface area contributed by atoms with Gasteiger partial charge < -0.3 is 34.3 Å². The number of aliphatic hydroxyl groups excluding tert-OH is 3. The lowest BCUT2D eigenvalue weighted by molar-refractivity contribution is -0.301. The van der Waals surface area contributed by atoms with E-state index in [0.29, 0.717) is 13.0 Å². The molecule has 60 heavy (non-hydrogen) atoms. The van der Waals surface area contributed by atoms with Crippen LogP contribution >= 0.6 is 0 Å². The molecular weight excluding hydrogens is 789 g/mol. The number of unbranched alkanes of at least 4 members (excludes halogenated alkanes) is 19. The van der Waals surface area contributed by atoms with Gasteiger partial charge in [-0.1, -0.05) is 172 Å². The Kier molecular flexibility index (Phi) is 36.2. The Bertz CT molecular complexity index is 1240. The average Bonchev–Trinajstić information content (AvgIpc) is 3.22. The summed E-state index contributed by atoms with van der Waals surface area (Å²) in [4.78, 5) is 12.9. The van der Waals surface area contributed by atoms with Crippen molar-refractivity contribution in [2.45, 2.75) is 218 Å². The molecule has 0 saturated carbocycles. The van der Waals surface area contributed by atoms with Gasteiger partial charge in [-0.2, -0.15) is 8.42 Å². The number of carbonyl (C=O) groups excluding carboxylic acids is 1. The Hall–Kier alpha value is -1.94. The molecule has 1 saturated heterocycles. The summed E-state index contributed by atoms with van der Waals surface area (Å²) in [7, 11) is -5.06. The molecule has 1 heterocycles. The second kappa shape index (κ2) is 38.7. The van der Waals surface area contributed by atoms with E-state index in [2.05, 4.69) is 66.6 Å². The lowest BCUT2D eigenvalue weighted by Gasteiger charge is -2.41. The lowest BCUT2D eigenvalue weighted by Crippen LogP contribution is -2.60. The minimum absolute atomic E-state index is 0.0310. The molecule has 0 spiro atoms. The van der Waals surface area contributed by atoms with Crippen molar-refractivity contribution in [1.29, 1.82) is 0 Å². The highest BCUT2D eigenvalue weighted by molar-refractivity contribution is 7.80. The van der Waals surface area contributed by atoms with Crippen LogP contribution in [0.3, 0.4) is 0 Å². The fourth-order valence-electron chi connectivity index (χ4n) is 6.96. The van der Waals surface area contributed by atoms with Gasteiger partial charge in [0.25, 0.3) is 0 Å². The van der Waals surface area contributed by atoms with E-state index >= 15 is 0 Å². The van der Waals surface area contributed by atoms with Crippen LogP contribution in [-0.4, -0.2) is 97.5 Å². The smallest absolute Gasteiger partial charge is 0.397 e. The first-order chi connectivity index (χ1) is 29.1. The third-order valence-corrected chi connectivity index (χ3v) is 10.9. The van der Waals surface area contributed by atoms with Gasteiger partial charge in [0.1, 0.15) is 30.5 Å². The van der Waals surface area contributed by atoms with Gasteiger partial charge in [0.15, 0.2) is 6.29 Å². The number of ether oxygens (including phenoxy) is 4. The minimum Gasteiger partial charge on any atom is -0.457 e. The summed E-state index contributed by atoms with van der Waals surface area (Å²) >= 11 is 0. The molecule has 1 fully saturated rings. The molecule has 13 heteroatoms. The molecule has 1 aliphatic heterocycles. The number of aliphatic hydroxyl groups is 3. The van der Waals surface area contributed by atoms with Crippen molar-refractivity contribution in [3.63, 3.8) is 0 Å². The maximum atomic E-state index is 12.9. The second-order valence-corrected chi connectivity index (χ2v) is 17.0.